The Balaban J connectivity index is 2.01. The third kappa shape index (κ3) is 1.64. The number of fused-ring (bicyclic) bond motifs is 2. The van der Waals surface area contributed by atoms with E-state index >= 15 is 0 Å². The van der Waals surface area contributed by atoms with E-state index in [1.165, 1.54) is 0 Å². The van der Waals surface area contributed by atoms with Gasteiger partial charge < -0.3 is 8.82 Å². The Morgan fingerprint density at radius 2 is 1.80 bits per heavy atom. The number of para-hydroxylation sites is 1. The number of pyridine rings is 1. The maximum absolute atomic E-state index is 12.1. The summed E-state index contributed by atoms with van der Waals surface area (Å²) in [6, 6.07) is 17.3. The summed E-state index contributed by atoms with van der Waals surface area (Å²) in [5.41, 5.74) is 2.82. The van der Waals surface area contributed by atoms with Gasteiger partial charge in [-0.1, -0.05) is 24.3 Å². The molecule has 1 aromatic carbocycles. The number of hydrogen-bond acceptors (Lipinski definition) is 2. The van der Waals surface area contributed by atoms with Crippen LogP contribution in [0.5, 0.6) is 0 Å². The molecule has 0 saturated heterocycles. The fourth-order valence-electron chi connectivity index (χ4n) is 2.47. The summed E-state index contributed by atoms with van der Waals surface area (Å²) in [6.07, 6.45) is 3.90. The first-order valence-electron chi connectivity index (χ1n) is 6.41. The Labute approximate surface area is 114 Å². The molecule has 0 atom stereocenters. The minimum Gasteiger partial charge on any atom is -0.422 e. The molecule has 3 aromatic heterocycles. The van der Waals surface area contributed by atoms with Crippen LogP contribution in [0.3, 0.4) is 0 Å². The standard InChI is InChI=1S/C17H11NO2/c19-17-15(10-12-5-1-2-7-16(12)20-17)13-9-14-6-3-4-8-18(14)11-13/h1-11H. The monoisotopic (exact) mass is 261 g/mol. The Morgan fingerprint density at radius 3 is 2.70 bits per heavy atom. The highest BCUT2D eigenvalue weighted by Gasteiger charge is 2.09. The fraction of sp³-hybridized carbons (Fsp3) is 0. The van der Waals surface area contributed by atoms with E-state index in [2.05, 4.69) is 0 Å². The van der Waals surface area contributed by atoms with Gasteiger partial charge in [-0.2, -0.15) is 0 Å². The molecule has 0 bridgehead atoms. The van der Waals surface area contributed by atoms with Crippen LogP contribution in [0.1, 0.15) is 0 Å². The lowest BCUT2D eigenvalue weighted by atomic mass is 10.1. The van der Waals surface area contributed by atoms with Gasteiger partial charge in [-0.25, -0.2) is 4.79 Å². The molecule has 3 nitrogen and oxygen atoms in total. The number of benzene rings is 1. The van der Waals surface area contributed by atoms with Gasteiger partial charge in [-0.3, -0.25) is 0 Å². The molecular formula is C17H11NO2. The SMILES string of the molecule is O=c1oc2ccccc2cc1-c1cc2ccccn2c1. The van der Waals surface area contributed by atoms with E-state index in [-0.39, 0.29) is 5.63 Å². The second-order valence-electron chi connectivity index (χ2n) is 4.75. The van der Waals surface area contributed by atoms with E-state index < -0.39 is 0 Å². The van der Waals surface area contributed by atoms with Gasteiger partial charge in [0.05, 0.1) is 5.56 Å². The third-order valence-electron chi connectivity index (χ3n) is 3.46. The van der Waals surface area contributed by atoms with Gasteiger partial charge >= 0.3 is 5.63 Å². The molecule has 0 radical (unpaired) electrons. The largest absolute Gasteiger partial charge is 0.422 e. The second kappa shape index (κ2) is 4.10. The first-order chi connectivity index (χ1) is 9.81. The van der Waals surface area contributed by atoms with Crippen LogP contribution in [0, 0.1) is 0 Å². The van der Waals surface area contributed by atoms with Crippen LogP contribution in [-0.2, 0) is 0 Å². The van der Waals surface area contributed by atoms with Crippen LogP contribution in [0.4, 0.5) is 0 Å². The lowest BCUT2D eigenvalue weighted by Crippen LogP contribution is -2.01. The van der Waals surface area contributed by atoms with Crippen molar-refractivity contribution in [2.24, 2.45) is 0 Å². The zero-order valence-corrected chi connectivity index (χ0v) is 10.6. The number of rotatable bonds is 1. The Morgan fingerprint density at radius 1 is 0.950 bits per heavy atom. The molecule has 0 unspecified atom stereocenters. The van der Waals surface area contributed by atoms with Gasteiger partial charge in [0, 0.05) is 28.9 Å². The third-order valence-corrected chi connectivity index (χ3v) is 3.46. The average Bonchev–Trinajstić information content (AvgIpc) is 2.90. The summed E-state index contributed by atoms with van der Waals surface area (Å²) in [5, 5.41) is 0.928. The Bertz CT molecular complexity index is 946. The molecule has 0 spiro atoms. The number of aromatic nitrogens is 1. The molecule has 96 valence electrons. The quantitative estimate of drug-likeness (QED) is 0.489. The zero-order chi connectivity index (χ0) is 13.5. The molecule has 0 aliphatic heterocycles. The maximum atomic E-state index is 12.1. The van der Waals surface area contributed by atoms with Gasteiger partial charge in [0.2, 0.25) is 0 Å². The number of hydrogen-bond donors (Lipinski definition) is 0. The number of nitrogens with zero attached hydrogens (tertiary/aromatic N) is 1. The van der Waals surface area contributed by atoms with Crippen LogP contribution in [0.2, 0.25) is 0 Å². The molecule has 0 aliphatic carbocycles. The highest BCUT2D eigenvalue weighted by molar-refractivity contribution is 5.82. The summed E-state index contributed by atoms with van der Waals surface area (Å²) >= 11 is 0. The second-order valence-corrected chi connectivity index (χ2v) is 4.75. The van der Waals surface area contributed by atoms with Gasteiger partial charge in [0.15, 0.2) is 0 Å². The Kier molecular flexibility index (Phi) is 2.27. The summed E-state index contributed by atoms with van der Waals surface area (Å²) in [6.45, 7) is 0. The smallest absolute Gasteiger partial charge is 0.344 e. The van der Waals surface area contributed by atoms with Gasteiger partial charge in [0.25, 0.3) is 0 Å². The van der Waals surface area contributed by atoms with Crippen molar-refractivity contribution in [1.82, 2.24) is 4.40 Å². The van der Waals surface area contributed by atoms with Crippen molar-refractivity contribution in [2.75, 3.05) is 0 Å². The minimum absolute atomic E-state index is 0.306. The normalized spacial score (nSPS) is 11.2. The summed E-state index contributed by atoms with van der Waals surface area (Å²) < 4.78 is 7.37. The van der Waals surface area contributed by atoms with Crippen molar-refractivity contribution in [3.05, 3.63) is 77.4 Å². The highest BCUT2D eigenvalue weighted by Crippen LogP contribution is 2.23. The van der Waals surface area contributed by atoms with E-state index in [0.717, 1.165) is 16.5 Å². The van der Waals surface area contributed by atoms with E-state index in [0.29, 0.717) is 11.1 Å². The van der Waals surface area contributed by atoms with Gasteiger partial charge in [0.1, 0.15) is 5.58 Å². The van der Waals surface area contributed by atoms with Crippen molar-refractivity contribution >= 4 is 16.5 Å². The van der Waals surface area contributed by atoms with Crippen molar-refractivity contribution < 1.29 is 4.42 Å². The first kappa shape index (κ1) is 11.1. The molecular weight excluding hydrogens is 250 g/mol. The molecule has 0 saturated carbocycles. The van der Waals surface area contributed by atoms with Crippen LogP contribution < -0.4 is 5.63 Å². The average molecular weight is 261 g/mol. The highest BCUT2D eigenvalue weighted by atomic mass is 16.4. The van der Waals surface area contributed by atoms with Crippen molar-refractivity contribution in [3.8, 4) is 11.1 Å². The lowest BCUT2D eigenvalue weighted by molar-refractivity contribution is 0.563. The van der Waals surface area contributed by atoms with E-state index in [1.54, 1.807) is 6.07 Å². The molecule has 3 heteroatoms. The molecule has 4 rings (SSSR count). The summed E-state index contributed by atoms with van der Waals surface area (Å²) in [4.78, 5) is 12.1. The molecule has 20 heavy (non-hydrogen) atoms. The predicted molar refractivity (Wildman–Crippen MR) is 78.9 cm³/mol. The van der Waals surface area contributed by atoms with Gasteiger partial charge in [-0.05, 0) is 30.3 Å². The first-order valence-corrected chi connectivity index (χ1v) is 6.41. The summed E-state index contributed by atoms with van der Waals surface area (Å²) in [7, 11) is 0. The maximum Gasteiger partial charge on any atom is 0.344 e. The molecule has 4 aromatic rings. The predicted octanol–water partition coefficient (Wildman–Crippen LogP) is 3.71. The van der Waals surface area contributed by atoms with Crippen LogP contribution in [-0.4, -0.2) is 4.40 Å². The zero-order valence-electron chi connectivity index (χ0n) is 10.6. The molecule has 3 heterocycles. The van der Waals surface area contributed by atoms with Crippen molar-refractivity contribution in [3.63, 3.8) is 0 Å². The van der Waals surface area contributed by atoms with Crippen LogP contribution in [0.15, 0.2) is 76.2 Å². The van der Waals surface area contributed by atoms with E-state index in [9.17, 15) is 4.79 Å². The van der Waals surface area contributed by atoms with Crippen molar-refractivity contribution in [2.45, 2.75) is 0 Å². The van der Waals surface area contributed by atoms with E-state index in [4.69, 9.17) is 4.42 Å². The Hall–Kier alpha value is -2.81. The molecule has 0 amide bonds. The van der Waals surface area contributed by atoms with Crippen LogP contribution >= 0.6 is 0 Å². The molecule has 0 N–H and O–H groups in total. The van der Waals surface area contributed by atoms with Crippen LogP contribution in [0.25, 0.3) is 27.6 Å². The van der Waals surface area contributed by atoms with Crippen molar-refractivity contribution in [1.29, 1.82) is 0 Å². The summed E-state index contributed by atoms with van der Waals surface area (Å²) in [5.74, 6) is 0. The molecule has 0 fully saturated rings. The van der Waals surface area contributed by atoms with Gasteiger partial charge in [-0.15, -0.1) is 0 Å². The lowest BCUT2D eigenvalue weighted by Gasteiger charge is -1.99. The minimum atomic E-state index is -0.306. The fourth-order valence-corrected chi connectivity index (χ4v) is 2.47. The topological polar surface area (TPSA) is 34.6 Å². The van der Waals surface area contributed by atoms with E-state index in [1.807, 2.05) is 65.3 Å². The molecule has 0 aliphatic rings.